The monoisotopic (exact) mass is 264 g/mol. The fourth-order valence-corrected chi connectivity index (χ4v) is 2.69. The summed E-state index contributed by atoms with van der Waals surface area (Å²) in [5.41, 5.74) is 6.41. The third-order valence-electron chi connectivity index (χ3n) is 2.60. The molecule has 4 heteroatoms. The molecule has 0 saturated heterocycles. The molecule has 1 amide bonds. The first-order chi connectivity index (χ1) is 8.63. The van der Waals surface area contributed by atoms with Gasteiger partial charge in [0.25, 0.3) is 5.91 Å². The Hall–Kier alpha value is -1.31. The van der Waals surface area contributed by atoms with Crippen molar-refractivity contribution in [3.05, 3.63) is 21.4 Å². The minimum atomic E-state index is 0.105. The molecule has 0 radical (unpaired) electrons. The van der Waals surface area contributed by atoms with Gasteiger partial charge in [-0.15, -0.1) is 11.3 Å². The van der Waals surface area contributed by atoms with Crippen LogP contribution in [0.15, 0.2) is 6.07 Å². The number of nitrogens with two attached hydrogens (primary N) is 1. The predicted octanol–water partition coefficient (Wildman–Crippen LogP) is 2.24. The summed E-state index contributed by atoms with van der Waals surface area (Å²) in [4.78, 5) is 15.8. The zero-order valence-electron chi connectivity index (χ0n) is 11.2. The molecule has 0 fully saturated rings. The molecule has 1 aromatic rings. The SMILES string of the molecule is CCCN(CC)C(=O)c1cc(C)c(C#CCN)s1. The third kappa shape index (κ3) is 3.59. The summed E-state index contributed by atoms with van der Waals surface area (Å²) in [7, 11) is 0. The van der Waals surface area contributed by atoms with E-state index in [0.29, 0.717) is 6.54 Å². The number of aryl methyl sites for hydroxylation is 1. The van der Waals surface area contributed by atoms with Gasteiger partial charge in [-0.3, -0.25) is 4.79 Å². The van der Waals surface area contributed by atoms with Crippen molar-refractivity contribution >= 4 is 17.2 Å². The first-order valence-electron chi connectivity index (χ1n) is 6.22. The van der Waals surface area contributed by atoms with Crippen LogP contribution in [-0.2, 0) is 0 Å². The Bertz CT molecular complexity index is 468. The zero-order valence-corrected chi connectivity index (χ0v) is 12.1. The Morgan fingerprint density at radius 2 is 2.22 bits per heavy atom. The Labute approximate surface area is 113 Å². The van der Waals surface area contributed by atoms with Crippen molar-refractivity contribution in [2.45, 2.75) is 27.2 Å². The van der Waals surface area contributed by atoms with Crippen LogP contribution in [0.2, 0.25) is 0 Å². The molecule has 0 atom stereocenters. The molecule has 0 bridgehead atoms. The van der Waals surface area contributed by atoms with Gasteiger partial charge in [-0.25, -0.2) is 0 Å². The number of carbonyl (C=O) groups excluding carboxylic acids is 1. The van der Waals surface area contributed by atoms with Crippen molar-refractivity contribution in [1.82, 2.24) is 4.90 Å². The molecule has 2 N–H and O–H groups in total. The molecule has 98 valence electrons. The average molecular weight is 264 g/mol. The topological polar surface area (TPSA) is 46.3 Å². The molecule has 3 nitrogen and oxygen atoms in total. The Balaban J connectivity index is 2.93. The Morgan fingerprint density at radius 1 is 1.50 bits per heavy atom. The first-order valence-corrected chi connectivity index (χ1v) is 7.04. The van der Waals surface area contributed by atoms with Crippen LogP contribution < -0.4 is 5.73 Å². The minimum Gasteiger partial charge on any atom is -0.338 e. The van der Waals surface area contributed by atoms with Crippen molar-refractivity contribution in [3.63, 3.8) is 0 Å². The van der Waals surface area contributed by atoms with Crippen LogP contribution in [0.3, 0.4) is 0 Å². The van der Waals surface area contributed by atoms with Gasteiger partial charge in [-0.1, -0.05) is 18.8 Å². The van der Waals surface area contributed by atoms with E-state index in [0.717, 1.165) is 34.8 Å². The Kier molecular flexibility index (Phi) is 5.90. The minimum absolute atomic E-state index is 0.105. The molecule has 1 aromatic heterocycles. The van der Waals surface area contributed by atoms with E-state index >= 15 is 0 Å². The summed E-state index contributed by atoms with van der Waals surface area (Å²) in [6.45, 7) is 7.95. The highest BCUT2D eigenvalue weighted by Crippen LogP contribution is 2.22. The average Bonchev–Trinajstić information content (AvgIpc) is 2.74. The van der Waals surface area contributed by atoms with E-state index in [2.05, 4.69) is 18.8 Å². The van der Waals surface area contributed by atoms with Gasteiger partial charge >= 0.3 is 0 Å². The second-order valence-corrected chi connectivity index (χ2v) is 5.07. The molecule has 0 spiro atoms. The van der Waals surface area contributed by atoms with Gasteiger partial charge in [0.1, 0.15) is 0 Å². The van der Waals surface area contributed by atoms with Crippen LogP contribution in [0, 0.1) is 18.8 Å². The van der Waals surface area contributed by atoms with E-state index in [4.69, 9.17) is 5.73 Å². The summed E-state index contributed by atoms with van der Waals surface area (Å²) in [5, 5.41) is 0. The number of thiophene rings is 1. The fraction of sp³-hybridized carbons (Fsp3) is 0.500. The highest BCUT2D eigenvalue weighted by Gasteiger charge is 2.16. The van der Waals surface area contributed by atoms with Crippen LogP contribution in [0.25, 0.3) is 0 Å². The smallest absolute Gasteiger partial charge is 0.263 e. The molecular formula is C14H20N2OS. The second-order valence-electron chi connectivity index (χ2n) is 4.01. The van der Waals surface area contributed by atoms with E-state index in [9.17, 15) is 4.79 Å². The Morgan fingerprint density at radius 3 is 2.78 bits per heavy atom. The lowest BCUT2D eigenvalue weighted by Gasteiger charge is -2.18. The van der Waals surface area contributed by atoms with Crippen LogP contribution in [0.1, 0.15) is 40.4 Å². The third-order valence-corrected chi connectivity index (χ3v) is 3.74. The van der Waals surface area contributed by atoms with Crippen LogP contribution in [-0.4, -0.2) is 30.4 Å². The van der Waals surface area contributed by atoms with Crippen LogP contribution in [0.5, 0.6) is 0 Å². The lowest BCUT2D eigenvalue weighted by atomic mass is 10.2. The highest BCUT2D eigenvalue weighted by atomic mass is 32.1. The standard InChI is InChI=1S/C14H20N2OS/c1-4-9-16(5-2)14(17)13-10-11(3)12(18-13)7-6-8-15/h10H,4-5,8-9,15H2,1-3H3. The lowest BCUT2D eigenvalue weighted by molar-refractivity contribution is 0.0769. The van der Waals surface area contributed by atoms with Crippen molar-refractivity contribution in [1.29, 1.82) is 0 Å². The van der Waals surface area contributed by atoms with Crippen molar-refractivity contribution in [3.8, 4) is 11.8 Å². The van der Waals surface area contributed by atoms with E-state index < -0.39 is 0 Å². The molecule has 1 heterocycles. The molecular weight excluding hydrogens is 244 g/mol. The van der Waals surface area contributed by atoms with Crippen LogP contribution >= 0.6 is 11.3 Å². The molecule has 1 rings (SSSR count). The first kappa shape index (κ1) is 14.7. The number of amides is 1. The van der Waals surface area contributed by atoms with E-state index in [1.807, 2.05) is 24.8 Å². The van der Waals surface area contributed by atoms with Gasteiger partial charge in [0.05, 0.1) is 16.3 Å². The van der Waals surface area contributed by atoms with Gasteiger partial charge in [0, 0.05) is 13.1 Å². The molecule has 0 aliphatic carbocycles. The number of rotatable bonds is 4. The van der Waals surface area contributed by atoms with Gasteiger partial charge in [0.15, 0.2) is 0 Å². The number of carbonyl (C=O) groups is 1. The maximum Gasteiger partial charge on any atom is 0.263 e. The quantitative estimate of drug-likeness (QED) is 0.848. The molecule has 0 aromatic carbocycles. The number of nitrogens with zero attached hydrogens (tertiary/aromatic N) is 1. The lowest BCUT2D eigenvalue weighted by Crippen LogP contribution is -2.30. The number of hydrogen-bond acceptors (Lipinski definition) is 3. The summed E-state index contributed by atoms with van der Waals surface area (Å²) in [5.74, 6) is 5.94. The van der Waals surface area contributed by atoms with Crippen LogP contribution in [0.4, 0.5) is 0 Å². The highest BCUT2D eigenvalue weighted by molar-refractivity contribution is 7.14. The summed E-state index contributed by atoms with van der Waals surface area (Å²) < 4.78 is 0. The molecule has 18 heavy (non-hydrogen) atoms. The molecule has 0 aliphatic heterocycles. The van der Waals surface area contributed by atoms with Gasteiger partial charge in [0.2, 0.25) is 0 Å². The molecule has 0 aliphatic rings. The zero-order chi connectivity index (χ0) is 13.5. The largest absolute Gasteiger partial charge is 0.338 e. The van der Waals surface area contributed by atoms with E-state index in [-0.39, 0.29) is 5.91 Å². The maximum atomic E-state index is 12.3. The van der Waals surface area contributed by atoms with Gasteiger partial charge in [-0.05, 0) is 31.9 Å². The van der Waals surface area contributed by atoms with Gasteiger partial charge < -0.3 is 10.6 Å². The summed E-state index contributed by atoms with van der Waals surface area (Å²) in [6.07, 6.45) is 0.976. The van der Waals surface area contributed by atoms with Gasteiger partial charge in [-0.2, -0.15) is 0 Å². The molecule has 0 unspecified atom stereocenters. The normalized spacial score (nSPS) is 9.78. The maximum absolute atomic E-state index is 12.3. The number of hydrogen-bond donors (Lipinski definition) is 1. The van der Waals surface area contributed by atoms with Crippen molar-refractivity contribution in [2.24, 2.45) is 5.73 Å². The fourth-order valence-electron chi connectivity index (χ4n) is 1.67. The summed E-state index contributed by atoms with van der Waals surface area (Å²) >= 11 is 1.46. The molecule has 0 saturated carbocycles. The van der Waals surface area contributed by atoms with Crippen molar-refractivity contribution < 1.29 is 4.79 Å². The summed E-state index contributed by atoms with van der Waals surface area (Å²) in [6, 6.07) is 1.92. The second kappa shape index (κ2) is 7.20. The van der Waals surface area contributed by atoms with E-state index in [1.165, 1.54) is 11.3 Å². The van der Waals surface area contributed by atoms with Crippen molar-refractivity contribution in [2.75, 3.05) is 19.6 Å². The van der Waals surface area contributed by atoms with E-state index in [1.54, 1.807) is 0 Å². The predicted molar refractivity (Wildman–Crippen MR) is 76.9 cm³/mol.